The van der Waals surface area contributed by atoms with Crippen molar-refractivity contribution < 1.29 is 22.7 Å². The van der Waals surface area contributed by atoms with Gasteiger partial charge in [-0.15, -0.1) is 0 Å². The number of hydrogen-bond acceptors (Lipinski definition) is 6. The van der Waals surface area contributed by atoms with Crippen molar-refractivity contribution in [3.63, 3.8) is 0 Å². The Labute approximate surface area is 196 Å². The molecule has 170 valence electrons. The molecular formula is C23H20ClN3O5S. The maximum atomic E-state index is 12.4. The highest BCUT2D eigenvalue weighted by atomic mass is 35.5. The van der Waals surface area contributed by atoms with Gasteiger partial charge in [0.1, 0.15) is 5.75 Å². The van der Waals surface area contributed by atoms with Gasteiger partial charge in [0.2, 0.25) is 15.9 Å². The normalized spacial score (nSPS) is 10.8. The second kappa shape index (κ2) is 10.4. The zero-order valence-electron chi connectivity index (χ0n) is 17.5. The number of ether oxygens (including phenoxy) is 2. The fourth-order valence-corrected chi connectivity index (χ4v) is 3.91. The lowest BCUT2D eigenvalue weighted by molar-refractivity contribution is -0.115. The number of rotatable bonds is 8. The zero-order valence-corrected chi connectivity index (χ0v) is 19.1. The minimum absolute atomic E-state index is 0.0747. The molecule has 0 bridgehead atoms. The number of anilines is 1. The molecule has 0 heterocycles. The topological polar surface area (TPSA) is 132 Å². The van der Waals surface area contributed by atoms with E-state index in [2.05, 4.69) is 5.32 Å². The standard InChI is InChI=1S/C23H20ClN3O5S/c1-31-22-10-16(4-7-21(22)32-20-9-17(13-25)8-18(24)12-20)11-23(28)27-19-5-2-15(3-6-19)14-33(26,29)30/h2-10,12H,11,14H2,1H3,(H,27,28)(H2,26,29,30). The molecule has 3 rings (SSSR count). The third kappa shape index (κ3) is 7.22. The van der Waals surface area contributed by atoms with Crippen molar-refractivity contribution in [2.24, 2.45) is 5.14 Å². The molecule has 0 atom stereocenters. The SMILES string of the molecule is COc1cc(CC(=O)Nc2ccc(CS(N)(=O)=O)cc2)ccc1Oc1cc(Cl)cc(C#N)c1. The minimum atomic E-state index is -3.62. The summed E-state index contributed by atoms with van der Waals surface area (Å²) in [7, 11) is -2.14. The van der Waals surface area contributed by atoms with E-state index in [1.54, 1.807) is 54.6 Å². The van der Waals surface area contributed by atoms with Crippen LogP contribution in [0.2, 0.25) is 5.02 Å². The summed E-state index contributed by atoms with van der Waals surface area (Å²) >= 11 is 6.02. The van der Waals surface area contributed by atoms with Crippen LogP contribution >= 0.6 is 11.6 Å². The van der Waals surface area contributed by atoms with Gasteiger partial charge in [-0.25, -0.2) is 13.6 Å². The van der Waals surface area contributed by atoms with Crippen LogP contribution in [0.5, 0.6) is 17.2 Å². The number of methoxy groups -OCH3 is 1. The lowest BCUT2D eigenvalue weighted by Crippen LogP contribution is -2.15. The molecule has 3 aromatic carbocycles. The predicted octanol–water partition coefficient (Wildman–Crippen LogP) is 3.98. The van der Waals surface area contributed by atoms with Crippen LogP contribution in [0.1, 0.15) is 16.7 Å². The Kier molecular flexibility index (Phi) is 7.55. The largest absolute Gasteiger partial charge is 0.493 e. The van der Waals surface area contributed by atoms with Crippen LogP contribution in [0, 0.1) is 11.3 Å². The Hall–Kier alpha value is -3.58. The van der Waals surface area contributed by atoms with E-state index in [1.165, 1.54) is 13.2 Å². The molecule has 0 aromatic heterocycles. The average molecular weight is 486 g/mol. The molecule has 33 heavy (non-hydrogen) atoms. The molecule has 0 aliphatic heterocycles. The Morgan fingerprint density at radius 2 is 1.76 bits per heavy atom. The smallest absolute Gasteiger partial charge is 0.228 e. The predicted molar refractivity (Wildman–Crippen MR) is 125 cm³/mol. The summed E-state index contributed by atoms with van der Waals surface area (Å²) in [6.45, 7) is 0. The summed E-state index contributed by atoms with van der Waals surface area (Å²) in [6, 6.07) is 18.1. The van der Waals surface area contributed by atoms with E-state index in [1.807, 2.05) is 6.07 Å². The summed E-state index contributed by atoms with van der Waals surface area (Å²) in [5, 5.41) is 17.2. The van der Waals surface area contributed by atoms with E-state index in [9.17, 15) is 13.2 Å². The van der Waals surface area contributed by atoms with Crippen molar-refractivity contribution in [2.45, 2.75) is 12.2 Å². The first-order valence-corrected chi connectivity index (χ1v) is 11.7. The second-order valence-electron chi connectivity index (χ2n) is 7.10. The molecule has 0 saturated heterocycles. The number of sulfonamides is 1. The minimum Gasteiger partial charge on any atom is -0.493 e. The molecule has 0 unspecified atom stereocenters. The van der Waals surface area contributed by atoms with E-state index >= 15 is 0 Å². The number of hydrogen-bond donors (Lipinski definition) is 2. The maximum Gasteiger partial charge on any atom is 0.228 e. The number of carbonyl (C=O) groups is 1. The van der Waals surface area contributed by atoms with Crippen molar-refractivity contribution in [1.29, 1.82) is 5.26 Å². The van der Waals surface area contributed by atoms with Crippen molar-refractivity contribution >= 4 is 33.2 Å². The number of carbonyl (C=O) groups excluding carboxylic acids is 1. The number of nitrogens with zero attached hydrogens (tertiary/aromatic N) is 1. The molecule has 1 amide bonds. The van der Waals surface area contributed by atoms with Gasteiger partial charge in [-0.2, -0.15) is 5.26 Å². The first-order chi connectivity index (χ1) is 15.6. The monoisotopic (exact) mass is 485 g/mol. The van der Waals surface area contributed by atoms with Crippen LogP contribution in [0.25, 0.3) is 0 Å². The van der Waals surface area contributed by atoms with Gasteiger partial charge in [-0.3, -0.25) is 4.79 Å². The number of benzene rings is 3. The number of nitrogens with two attached hydrogens (primary N) is 1. The second-order valence-corrected chi connectivity index (χ2v) is 9.15. The van der Waals surface area contributed by atoms with Gasteiger partial charge in [0.05, 0.1) is 30.9 Å². The highest BCUT2D eigenvalue weighted by Crippen LogP contribution is 2.34. The van der Waals surface area contributed by atoms with Gasteiger partial charge < -0.3 is 14.8 Å². The molecule has 0 spiro atoms. The van der Waals surface area contributed by atoms with Gasteiger partial charge in [0, 0.05) is 10.7 Å². The number of nitriles is 1. The highest BCUT2D eigenvalue weighted by molar-refractivity contribution is 7.88. The fourth-order valence-electron chi connectivity index (χ4n) is 3.03. The average Bonchev–Trinajstić information content (AvgIpc) is 2.74. The summed E-state index contributed by atoms with van der Waals surface area (Å²) in [6.07, 6.45) is 0.0747. The first-order valence-electron chi connectivity index (χ1n) is 9.60. The van der Waals surface area contributed by atoms with Crippen LogP contribution in [0.4, 0.5) is 5.69 Å². The summed E-state index contributed by atoms with van der Waals surface area (Å²) in [4.78, 5) is 12.4. The first kappa shape index (κ1) is 24.1. The fraction of sp³-hybridized carbons (Fsp3) is 0.130. The molecule has 0 fully saturated rings. The van der Waals surface area contributed by atoms with Crippen LogP contribution in [0.15, 0.2) is 60.7 Å². The molecule has 0 saturated carbocycles. The van der Waals surface area contributed by atoms with Gasteiger partial charge in [0.25, 0.3) is 0 Å². The van der Waals surface area contributed by atoms with Gasteiger partial charge in [-0.05, 0) is 53.6 Å². The highest BCUT2D eigenvalue weighted by Gasteiger charge is 2.12. The van der Waals surface area contributed by atoms with E-state index < -0.39 is 10.0 Å². The molecule has 0 aliphatic carbocycles. The van der Waals surface area contributed by atoms with Gasteiger partial charge >= 0.3 is 0 Å². The lowest BCUT2D eigenvalue weighted by atomic mass is 10.1. The molecule has 0 aliphatic rings. The summed E-state index contributed by atoms with van der Waals surface area (Å²) in [5.41, 5.74) is 2.10. The maximum absolute atomic E-state index is 12.4. The van der Waals surface area contributed by atoms with Crippen LogP contribution < -0.4 is 19.9 Å². The van der Waals surface area contributed by atoms with Crippen molar-refractivity contribution in [3.05, 3.63) is 82.4 Å². The molecule has 10 heteroatoms. The molecule has 3 aromatic rings. The number of primary sulfonamides is 1. The third-order valence-corrected chi connectivity index (χ3v) is 5.38. The number of nitrogens with one attached hydrogen (secondary N) is 1. The van der Waals surface area contributed by atoms with Crippen LogP contribution in [-0.2, 0) is 27.0 Å². The van der Waals surface area contributed by atoms with E-state index in [0.717, 1.165) is 0 Å². The Morgan fingerprint density at radius 3 is 2.39 bits per heavy atom. The van der Waals surface area contributed by atoms with Gasteiger partial charge in [-0.1, -0.05) is 29.8 Å². The Morgan fingerprint density at radius 1 is 1.06 bits per heavy atom. The van der Waals surface area contributed by atoms with Crippen molar-refractivity contribution in [3.8, 4) is 23.3 Å². The van der Waals surface area contributed by atoms with E-state index in [4.69, 9.17) is 31.5 Å². The Balaban J connectivity index is 1.67. The van der Waals surface area contributed by atoms with E-state index in [0.29, 0.717) is 44.6 Å². The number of amides is 1. The van der Waals surface area contributed by atoms with Crippen LogP contribution in [-0.4, -0.2) is 21.4 Å². The molecular weight excluding hydrogens is 466 g/mol. The van der Waals surface area contributed by atoms with Crippen molar-refractivity contribution in [1.82, 2.24) is 0 Å². The summed E-state index contributed by atoms with van der Waals surface area (Å²) in [5.74, 6) is 0.652. The molecule has 3 N–H and O–H groups in total. The Bertz CT molecular complexity index is 1320. The number of halogens is 1. The van der Waals surface area contributed by atoms with E-state index in [-0.39, 0.29) is 18.1 Å². The third-order valence-electron chi connectivity index (χ3n) is 4.43. The van der Waals surface area contributed by atoms with Crippen molar-refractivity contribution in [2.75, 3.05) is 12.4 Å². The summed E-state index contributed by atoms with van der Waals surface area (Å²) < 4.78 is 33.5. The van der Waals surface area contributed by atoms with Gasteiger partial charge in [0.15, 0.2) is 11.5 Å². The molecule has 8 nitrogen and oxygen atoms in total. The van der Waals surface area contributed by atoms with Crippen LogP contribution in [0.3, 0.4) is 0 Å². The lowest BCUT2D eigenvalue weighted by Gasteiger charge is -2.13. The molecule has 0 radical (unpaired) electrons. The zero-order chi connectivity index (χ0) is 24.0. The quantitative estimate of drug-likeness (QED) is 0.496.